The monoisotopic (exact) mass is 638 g/mol. The summed E-state index contributed by atoms with van der Waals surface area (Å²) >= 11 is 0. The van der Waals surface area contributed by atoms with Gasteiger partial charge < -0.3 is 15.5 Å². The van der Waals surface area contributed by atoms with Crippen molar-refractivity contribution in [2.24, 2.45) is 11.7 Å². The number of fused-ring (bicyclic) bond motifs is 2. The van der Waals surface area contributed by atoms with E-state index in [0.717, 1.165) is 102 Å². The van der Waals surface area contributed by atoms with Gasteiger partial charge in [0.25, 0.3) is 0 Å². The molecule has 46 heavy (non-hydrogen) atoms. The Morgan fingerprint density at radius 2 is 1.35 bits per heavy atom. The average molecular weight is 638 g/mol. The molecule has 0 unspecified atom stereocenters. The van der Waals surface area contributed by atoms with Gasteiger partial charge in [0.2, 0.25) is 11.8 Å². The molecule has 0 spiro atoms. The highest BCUT2D eigenvalue weighted by molar-refractivity contribution is 5.78. The zero-order valence-electron chi connectivity index (χ0n) is 28.9. The Labute approximate surface area is 279 Å². The van der Waals surface area contributed by atoms with Crippen LogP contribution in [-0.4, -0.2) is 120 Å². The molecule has 0 aromatic carbocycles. The lowest BCUT2D eigenvalue weighted by molar-refractivity contribution is -0.134. The van der Waals surface area contributed by atoms with E-state index in [2.05, 4.69) is 56.9 Å². The number of hydrogen-bond acceptors (Lipinski definition) is 7. The third kappa shape index (κ3) is 13.1. The Balaban J connectivity index is 1.29. The summed E-state index contributed by atoms with van der Waals surface area (Å²) in [5.41, 5.74) is 7.98. The predicted molar refractivity (Wildman–Crippen MR) is 187 cm³/mol. The van der Waals surface area contributed by atoms with Crippen molar-refractivity contribution in [1.29, 1.82) is 0 Å². The number of amides is 2. The quantitative estimate of drug-likeness (QED) is 0.237. The number of nitrogens with two attached hydrogens (primary N) is 1. The zero-order chi connectivity index (χ0) is 32.4. The summed E-state index contributed by atoms with van der Waals surface area (Å²) < 4.78 is 0. The highest BCUT2D eigenvalue weighted by Crippen LogP contribution is 2.22. The van der Waals surface area contributed by atoms with Gasteiger partial charge in [-0.05, 0) is 69.4 Å². The molecule has 0 aliphatic carbocycles. The first kappa shape index (κ1) is 36.5. The Morgan fingerprint density at radius 1 is 0.761 bits per heavy atom. The molecule has 2 amide bonds. The van der Waals surface area contributed by atoms with E-state index in [4.69, 9.17) is 10.7 Å². The molecule has 4 rings (SSSR count). The fraction of sp³-hybridized carbons (Fsp3) is 0.757. The second kappa shape index (κ2) is 20.8. The second-order valence-electron chi connectivity index (χ2n) is 13.8. The zero-order valence-corrected chi connectivity index (χ0v) is 28.9. The number of piperidine rings is 2. The number of carbonyl (C=O) groups is 2. The Hall–Kier alpha value is -2.33. The second-order valence-corrected chi connectivity index (χ2v) is 13.8. The maximum absolute atomic E-state index is 13.5. The van der Waals surface area contributed by atoms with Crippen LogP contribution in [0.3, 0.4) is 0 Å². The van der Waals surface area contributed by atoms with Crippen LogP contribution in [0.5, 0.6) is 0 Å². The molecular formula is C37H63N7O2. The lowest BCUT2D eigenvalue weighted by Crippen LogP contribution is -2.48. The van der Waals surface area contributed by atoms with Crippen molar-refractivity contribution >= 4 is 11.8 Å². The van der Waals surface area contributed by atoms with Gasteiger partial charge in [-0.2, -0.15) is 0 Å². The van der Waals surface area contributed by atoms with Crippen molar-refractivity contribution in [3.8, 4) is 0 Å². The lowest BCUT2D eigenvalue weighted by Gasteiger charge is -2.34. The van der Waals surface area contributed by atoms with Gasteiger partial charge in [0, 0.05) is 78.5 Å². The molecule has 1 aromatic heterocycles. The van der Waals surface area contributed by atoms with E-state index in [0.29, 0.717) is 38.6 Å². The smallest absolute Gasteiger partial charge is 0.236 e. The van der Waals surface area contributed by atoms with Crippen LogP contribution < -0.4 is 5.73 Å². The maximum Gasteiger partial charge on any atom is 0.236 e. The highest BCUT2D eigenvalue weighted by Gasteiger charge is 2.25. The lowest BCUT2D eigenvalue weighted by atomic mass is 9.93. The van der Waals surface area contributed by atoms with Crippen molar-refractivity contribution in [1.82, 2.24) is 29.5 Å². The van der Waals surface area contributed by atoms with Gasteiger partial charge in [-0.3, -0.25) is 29.3 Å². The molecule has 3 aliphatic rings. The third-order valence-corrected chi connectivity index (χ3v) is 10.1. The van der Waals surface area contributed by atoms with Gasteiger partial charge in [-0.15, -0.1) is 0 Å². The minimum atomic E-state index is 0.228. The fourth-order valence-corrected chi connectivity index (χ4v) is 7.09. The standard InChI is InChI=1S/C37H63N7O2/c1-2-3-4-5-6-7-8-10-14-33-17-22-44(23-18-33)37(46)32-42-28-26-40(24-19-38)25-27-41(29-34-15-13-16-35(30-42)39-34)31-36(45)43-20-11-9-12-21-43/h8,10,13,15-16,33H,2-7,9,11-12,14,17-32,38H2,1H3/b10-8-. The molecule has 1 aromatic rings. The first-order chi connectivity index (χ1) is 22.5. The summed E-state index contributed by atoms with van der Waals surface area (Å²) in [6.07, 6.45) is 19.4. The molecule has 0 radical (unpaired) electrons. The summed E-state index contributed by atoms with van der Waals surface area (Å²) in [5.74, 6) is 1.15. The third-order valence-electron chi connectivity index (χ3n) is 10.1. The van der Waals surface area contributed by atoms with E-state index in [1.807, 2.05) is 4.90 Å². The predicted octanol–water partition coefficient (Wildman–Crippen LogP) is 4.52. The molecule has 2 fully saturated rings. The number of allylic oxidation sites excluding steroid dienone is 2. The molecule has 4 heterocycles. The van der Waals surface area contributed by atoms with Crippen LogP contribution in [-0.2, 0) is 22.7 Å². The van der Waals surface area contributed by atoms with Crippen molar-refractivity contribution in [3.05, 3.63) is 41.7 Å². The minimum Gasteiger partial charge on any atom is -0.342 e. The van der Waals surface area contributed by atoms with Crippen LogP contribution in [0.1, 0.15) is 95.4 Å². The van der Waals surface area contributed by atoms with Gasteiger partial charge in [-0.25, -0.2) is 0 Å². The SMILES string of the molecule is CCCCCCC/C=C\CC1CCN(C(=O)CN2CCN(CCN)CCN(CC(=O)N3CCCCC3)Cc3cccc(n3)C2)CC1. The molecule has 2 N–H and O–H groups in total. The maximum atomic E-state index is 13.5. The molecule has 9 nitrogen and oxygen atoms in total. The van der Waals surface area contributed by atoms with Crippen LogP contribution in [0.15, 0.2) is 30.4 Å². The summed E-state index contributed by atoms with van der Waals surface area (Å²) in [7, 11) is 0. The van der Waals surface area contributed by atoms with E-state index in [9.17, 15) is 9.59 Å². The van der Waals surface area contributed by atoms with Crippen molar-refractivity contribution in [2.75, 3.05) is 78.5 Å². The molecule has 3 aliphatic heterocycles. The van der Waals surface area contributed by atoms with E-state index >= 15 is 0 Å². The van der Waals surface area contributed by atoms with Gasteiger partial charge in [0.05, 0.1) is 24.5 Å². The summed E-state index contributed by atoms with van der Waals surface area (Å²) in [4.78, 5) is 42.7. The number of pyridine rings is 1. The molecule has 9 heteroatoms. The molecule has 258 valence electrons. The van der Waals surface area contributed by atoms with Gasteiger partial charge in [0.15, 0.2) is 0 Å². The first-order valence-corrected chi connectivity index (χ1v) is 18.6. The topological polar surface area (TPSA) is 89.2 Å². The van der Waals surface area contributed by atoms with Gasteiger partial charge in [-0.1, -0.05) is 50.8 Å². The number of rotatable bonds is 14. The number of aromatic nitrogens is 1. The van der Waals surface area contributed by atoms with E-state index in [1.54, 1.807) is 0 Å². The van der Waals surface area contributed by atoms with Crippen molar-refractivity contribution in [2.45, 2.75) is 97.1 Å². The number of unbranched alkanes of at least 4 members (excludes halogenated alkanes) is 5. The normalized spacial score (nSPS) is 20.1. The van der Waals surface area contributed by atoms with Crippen LogP contribution >= 0.6 is 0 Å². The molecule has 0 atom stereocenters. The summed E-state index contributed by atoms with van der Waals surface area (Å²) in [6.45, 7) is 12.5. The van der Waals surface area contributed by atoms with Gasteiger partial charge in [0.1, 0.15) is 0 Å². The van der Waals surface area contributed by atoms with Crippen LogP contribution in [0, 0.1) is 5.92 Å². The van der Waals surface area contributed by atoms with Crippen LogP contribution in [0.4, 0.5) is 0 Å². The average Bonchev–Trinajstić information content (AvgIpc) is 3.07. The number of nitrogens with zero attached hydrogens (tertiary/aromatic N) is 6. The van der Waals surface area contributed by atoms with Gasteiger partial charge >= 0.3 is 0 Å². The Bertz CT molecular complexity index is 1050. The van der Waals surface area contributed by atoms with E-state index < -0.39 is 0 Å². The molecule has 2 saturated heterocycles. The summed E-state index contributed by atoms with van der Waals surface area (Å²) in [5, 5.41) is 0. The van der Waals surface area contributed by atoms with Crippen molar-refractivity contribution in [3.63, 3.8) is 0 Å². The van der Waals surface area contributed by atoms with Crippen molar-refractivity contribution < 1.29 is 9.59 Å². The summed E-state index contributed by atoms with van der Waals surface area (Å²) in [6, 6.07) is 6.20. The highest BCUT2D eigenvalue weighted by atomic mass is 16.2. The first-order valence-electron chi connectivity index (χ1n) is 18.6. The van der Waals surface area contributed by atoms with E-state index in [1.165, 1.54) is 44.9 Å². The Kier molecular flexibility index (Phi) is 16.5. The van der Waals surface area contributed by atoms with E-state index in [-0.39, 0.29) is 11.8 Å². The van der Waals surface area contributed by atoms with Crippen LogP contribution in [0.2, 0.25) is 0 Å². The molecular weight excluding hydrogens is 574 g/mol. The molecule has 0 saturated carbocycles. The number of carbonyl (C=O) groups excluding carboxylic acids is 2. The largest absolute Gasteiger partial charge is 0.342 e. The number of likely N-dealkylation sites (tertiary alicyclic amines) is 2. The van der Waals surface area contributed by atoms with Crippen LogP contribution in [0.25, 0.3) is 0 Å². The number of hydrogen-bond donors (Lipinski definition) is 1. The minimum absolute atomic E-state index is 0.228. The fourth-order valence-electron chi connectivity index (χ4n) is 7.09. The Morgan fingerprint density at radius 3 is 1.96 bits per heavy atom. The molecule has 2 bridgehead atoms.